The van der Waals surface area contributed by atoms with Crippen molar-refractivity contribution in [1.82, 2.24) is 9.80 Å². The Balaban J connectivity index is 1.47. The summed E-state index contributed by atoms with van der Waals surface area (Å²) in [5, 5.41) is 11.5. The SMILES string of the molecule is O=C(OCc1ccccc1)N1C[C@@H](O)[C@H](N(Cc2ccc(Cl)cc2)Cc2ccccc2F)C1. The van der Waals surface area contributed by atoms with Crippen LogP contribution in [0.5, 0.6) is 0 Å². The van der Waals surface area contributed by atoms with E-state index in [-0.39, 0.29) is 31.6 Å². The molecule has 3 aromatic carbocycles. The maximum atomic E-state index is 14.4. The average Bonchev–Trinajstić information content (AvgIpc) is 3.22. The van der Waals surface area contributed by atoms with Crippen molar-refractivity contribution < 1.29 is 19.0 Å². The van der Waals surface area contributed by atoms with E-state index >= 15 is 0 Å². The van der Waals surface area contributed by atoms with Gasteiger partial charge >= 0.3 is 6.09 Å². The van der Waals surface area contributed by atoms with Gasteiger partial charge in [0, 0.05) is 30.2 Å². The number of carbonyl (C=O) groups excluding carboxylic acids is 1. The zero-order valence-corrected chi connectivity index (χ0v) is 18.9. The maximum Gasteiger partial charge on any atom is 0.410 e. The summed E-state index contributed by atoms with van der Waals surface area (Å²) in [7, 11) is 0. The van der Waals surface area contributed by atoms with Crippen LogP contribution in [-0.2, 0) is 24.4 Å². The summed E-state index contributed by atoms with van der Waals surface area (Å²) in [6.07, 6.45) is -1.26. The molecule has 1 amide bonds. The highest BCUT2D eigenvalue weighted by Gasteiger charge is 2.38. The monoisotopic (exact) mass is 468 g/mol. The van der Waals surface area contributed by atoms with Gasteiger partial charge in [0.2, 0.25) is 0 Å². The summed E-state index contributed by atoms with van der Waals surface area (Å²) < 4.78 is 19.8. The smallest absolute Gasteiger partial charge is 0.410 e. The minimum Gasteiger partial charge on any atom is -0.445 e. The Hall–Kier alpha value is -2.93. The van der Waals surface area contributed by atoms with Crippen LogP contribution in [0.2, 0.25) is 5.02 Å². The van der Waals surface area contributed by atoms with Crippen molar-refractivity contribution in [2.75, 3.05) is 13.1 Å². The fourth-order valence-corrected chi connectivity index (χ4v) is 4.17. The second kappa shape index (κ2) is 10.8. The van der Waals surface area contributed by atoms with Crippen LogP contribution in [-0.4, -0.2) is 46.2 Å². The first-order chi connectivity index (χ1) is 16.0. The van der Waals surface area contributed by atoms with Crippen molar-refractivity contribution in [3.05, 3.63) is 106 Å². The van der Waals surface area contributed by atoms with Gasteiger partial charge in [-0.15, -0.1) is 0 Å². The topological polar surface area (TPSA) is 53.0 Å². The third-order valence-corrected chi connectivity index (χ3v) is 6.07. The van der Waals surface area contributed by atoms with Gasteiger partial charge in [-0.3, -0.25) is 4.90 Å². The van der Waals surface area contributed by atoms with Gasteiger partial charge in [0.1, 0.15) is 12.4 Å². The number of likely N-dealkylation sites (tertiary alicyclic amines) is 1. The van der Waals surface area contributed by atoms with Crippen LogP contribution in [0.1, 0.15) is 16.7 Å². The largest absolute Gasteiger partial charge is 0.445 e. The molecule has 33 heavy (non-hydrogen) atoms. The standard InChI is InChI=1S/C26H26ClFN2O3/c27-22-12-10-19(11-13-22)14-29(15-21-8-4-5-9-23(21)28)24-16-30(17-25(24)31)26(32)33-18-20-6-2-1-3-7-20/h1-13,24-25,31H,14-18H2/t24-,25-/m1/s1. The van der Waals surface area contributed by atoms with Crippen molar-refractivity contribution in [2.24, 2.45) is 0 Å². The molecule has 1 heterocycles. The number of hydrogen-bond donors (Lipinski definition) is 1. The van der Waals surface area contributed by atoms with E-state index in [1.54, 1.807) is 30.3 Å². The Kier molecular flexibility index (Phi) is 7.60. The molecule has 0 spiro atoms. The van der Waals surface area contributed by atoms with E-state index in [0.717, 1.165) is 11.1 Å². The molecule has 5 nitrogen and oxygen atoms in total. The lowest BCUT2D eigenvalue weighted by Crippen LogP contribution is -2.42. The van der Waals surface area contributed by atoms with E-state index in [0.29, 0.717) is 23.7 Å². The number of aliphatic hydroxyl groups excluding tert-OH is 1. The van der Waals surface area contributed by atoms with E-state index in [1.165, 1.54) is 11.0 Å². The molecule has 0 aliphatic carbocycles. The van der Waals surface area contributed by atoms with Crippen LogP contribution in [0.4, 0.5) is 9.18 Å². The summed E-state index contributed by atoms with van der Waals surface area (Å²) >= 11 is 6.02. The lowest BCUT2D eigenvalue weighted by atomic mass is 10.1. The highest BCUT2D eigenvalue weighted by Crippen LogP contribution is 2.24. The molecule has 1 fully saturated rings. The molecular formula is C26H26ClFN2O3. The van der Waals surface area contributed by atoms with E-state index in [9.17, 15) is 14.3 Å². The van der Waals surface area contributed by atoms with Gasteiger partial charge in [0.15, 0.2) is 0 Å². The number of rotatable bonds is 7. The van der Waals surface area contributed by atoms with Crippen molar-refractivity contribution in [1.29, 1.82) is 0 Å². The van der Waals surface area contributed by atoms with E-state index in [2.05, 4.69) is 0 Å². The molecule has 4 rings (SSSR count). The first-order valence-corrected chi connectivity index (χ1v) is 11.2. The number of benzene rings is 3. The zero-order chi connectivity index (χ0) is 23.2. The van der Waals surface area contributed by atoms with Crippen molar-refractivity contribution in [3.63, 3.8) is 0 Å². The first kappa shape index (κ1) is 23.2. The number of hydrogen-bond acceptors (Lipinski definition) is 4. The van der Waals surface area contributed by atoms with Gasteiger partial charge in [-0.05, 0) is 29.3 Å². The normalized spacial score (nSPS) is 18.0. The third kappa shape index (κ3) is 6.11. The summed E-state index contributed by atoms with van der Waals surface area (Å²) in [5.74, 6) is -0.301. The number of ether oxygens (including phenoxy) is 1. The lowest BCUT2D eigenvalue weighted by molar-refractivity contribution is 0.0721. The van der Waals surface area contributed by atoms with Crippen LogP contribution in [0.25, 0.3) is 0 Å². The predicted molar refractivity (Wildman–Crippen MR) is 125 cm³/mol. The Bertz CT molecular complexity index is 1060. The molecule has 7 heteroatoms. The van der Waals surface area contributed by atoms with Crippen molar-refractivity contribution in [3.8, 4) is 0 Å². The molecule has 1 aliphatic heterocycles. The molecule has 0 aromatic heterocycles. The predicted octanol–water partition coefficient (Wildman–Crippen LogP) is 4.86. The molecule has 1 saturated heterocycles. The van der Waals surface area contributed by atoms with Crippen LogP contribution in [0, 0.1) is 5.82 Å². The van der Waals surface area contributed by atoms with Crippen LogP contribution in [0.15, 0.2) is 78.9 Å². The quantitative estimate of drug-likeness (QED) is 0.538. The molecule has 0 saturated carbocycles. The fourth-order valence-electron chi connectivity index (χ4n) is 4.05. The minimum absolute atomic E-state index is 0.159. The number of carbonyl (C=O) groups is 1. The Morgan fingerprint density at radius 2 is 1.67 bits per heavy atom. The van der Waals surface area contributed by atoms with Gasteiger partial charge in [-0.1, -0.05) is 72.3 Å². The summed E-state index contributed by atoms with van der Waals surface area (Å²) in [6, 6.07) is 23.1. The van der Waals surface area contributed by atoms with Gasteiger partial charge in [-0.2, -0.15) is 0 Å². The summed E-state index contributed by atoms with van der Waals surface area (Å²) in [4.78, 5) is 16.1. The van der Waals surface area contributed by atoms with Gasteiger partial charge < -0.3 is 14.7 Å². The second-order valence-electron chi connectivity index (χ2n) is 8.20. The fraction of sp³-hybridized carbons (Fsp3) is 0.269. The second-order valence-corrected chi connectivity index (χ2v) is 8.64. The molecule has 1 aliphatic rings. The van der Waals surface area contributed by atoms with Crippen LogP contribution >= 0.6 is 11.6 Å². The van der Waals surface area contributed by atoms with Crippen LogP contribution < -0.4 is 0 Å². The maximum absolute atomic E-state index is 14.4. The third-order valence-electron chi connectivity index (χ3n) is 5.82. The van der Waals surface area contributed by atoms with Gasteiger partial charge in [0.25, 0.3) is 0 Å². The highest BCUT2D eigenvalue weighted by molar-refractivity contribution is 6.30. The molecule has 0 unspecified atom stereocenters. The average molecular weight is 469 g/mol. The van der Waals surface area contributed by atoms with E-state index < -0.39 is 12.2 Å². The Morgan fingerprint density at radius 1 is 0.970 bits per heavy atom. The van der Waals surface area contributed by atoms with E-state index in [4.69, 9.17) is 16.3 Å². The van der Waals surface area contributed by atoms with Gasteiger partial charge in [-0.25, -0.2) is 9.18 Å². The number of amides is 1. The molecule has 172 valence electrons. The number of β-amino-alcohol motifs (C(OH)–C–C–N with tert-alkyl or cyclic N) is 1. The molecular weight excluding hydrogens is 443 g/mol. The Morgan fingerprint density at radius 3 is 2.39 bits per heavy atom. The summed E-state index contributed by atoms with van der Waals surface area (Å²) in [6.45, 7) is 1.38. The zero-order valence-electron chi connectivity index (χ0n) is 18.1. The molecule has 0 radical (unpaired) electrons. The summed E-state index contributed by atoms with van der Waals surface area (Å²) in [5.41, 5.74) is 2.41. The molecule has 1 N–H and O–H groups in total. The van der Waals surface area contributed by atoms with Gasteiger partial charge in [0.05, 0.1) is 18.7 Å². The first-order valence-electron chi connectivity index (χ1n) is 10.8. The number of halogens is 2. The molecule has 3 aromatic rings. The minimum atomic E-state index is -0.784. The molecule has 2 atom stereocenters. The van der Waals surface area contributed by atoms with Crippen LogP contribution in [0.3, 0.4) is 0 Å². The number of aliphatic hydroxyl groups is 1. The highest BCUT2D eigenvalue weighted by atomic mass is 35.5. The lowest BCUT2D eigenvalue weighted by Gasteiger charge is -2.31. The van der Waals surface area contributed by atoms with E-state index in [1.807, 2.05) is 47.4 Å². The molecule has 0 bridgehead atoms. The van der Waals surface area contributed by atoms with Crippen molar-refractivity contribution >= 4 is 17.7 Å². The Labute approximate surface area is 198 Å². The van der Waals surface area contributed by atoms with Crippen molar-refractivity contribution in [2.45, 2.75) is 31.8 Å². The number of nitrogens with zero attached hydrogens (tertiary/aromatic N) is 2.